The van der Waals surface area contributed by atoms with Gasteiger partial charge in [-0.25, -0.2) is 25.3 Å². The minimum Gasteiger partial charge on any atom is -0.223 e. The van der Waals surface area contributed by atoms with E-state index in [2.05, 4.69) is 19.7 Å². The van der Waals surface area contributed by atoms with Gasteiger partial charge in [-0.3, -0.25) is 0 Å². The van der Waals surface area contributed by atoms with Crippen molar-refractivity contribution in [1.29, 1.82) is 0 Å². The molecule has 0 unspecified atom stereocenters. The molecule has 33 heavy (non-hydrogen) atoms. The Hall–Kier alpha value is -2.49. The summed E-state index contributed by atoms with van der Waals surface area (Å²) in [5.41, 5.74) is 3.06. The van der Waals surface area contributed by atoms with E-state index in [1.165, 1.54) is 18.2 Å². The first-order valence-electron chi connectivity index (χ1n) is 10.1. The van der Waals surface area contributed by atoms with Crippen molar-refractivity contribution in [3.8, 4) is 0 Å². The normalized spacial score (nSPS) is 20.6. The third-order valence-electron chi connectivity index (χ3n) is 6.74. The van der Waals surface area contributed by atoms with Crippen LogP contribution in [0.15, 0.2) is 37.9 Å². The van der Waals surface area contributed by atoms with Crippen LogP contribution >= 0.6 is 0 Å². The molecule has 3 aliphatic rings. The summed E-state index contributed by atoms with van der Waals surface area (Å²) >= 11 is 0. The number of fused-ring (bicyclic) bond motifs is 6. The van der Waals surface area contributed by atoms with Crippen molar-refractivity contribution in [3.05, 3.63) is 88.0 Å². The zero-order valence-electron chi connectivity index (χ0n) is 18.6. The molecule has 0 radical (unpaired) electrons. The summed E-state index contributed by atoms with van der Waals surface area (Å²) in [4.78, 5) is -0.654. The van der Waals surface area contributed by atoms with E-state index in [0.717, 1.165) is 0 Å². The van der Waals surface area contributed by atoms with Crippen molar-refractivity contribution >= 4 is 44.2 Å². The van der Waals surface area contributed by atoms with Crippen LogP contribution in [0.2, 0.25) is 0 Å². The molecule has 0 amide bonds. The second-order valence-electron chi connectivity index (χ2n) is 8.66. The maximum Gasteiger partial charge on any atom is 0.182 e. The summed E-state index contributed by atoms with van der Waals surface area (Å²) in [7, 11) is -11.7. The zero-order valence-corrected chi connectivity index (χ0v) is 21.1. The van der Waals surface area contributed by atoms with Crippen LogP contribution in [0.25, 0.3) is 14.7 Å². The third-order valence-corrected chi connectivity index (χ3v) is 11.7. The van der Waals surface area contributed by atoms with Gasteiger partial charge in [-0.2, -0.15) is 0 Å². The lowest BCUT2D eigenvalue weighted by atomic mass is 9.90. The van der Waals surface area contributed by atoms with Crippen molar-refractivity contribution in [2.24, 2.45) is 0 Å². The first-order valence-corrected chi connectivity index (χ1v) is 15.0. The summed E-state index contributed by atoms with van der Waals surface area (Å²) in [6.07, 6.45) is 0. The molecule has 0 N–H and O–H groups in total. The van der Waals surface area contributed by atoms with Crippen LogP contribution in [0.4, 0.5) is 0 Å². The molecular formula is C24H24O6S3. The molecule has 174 valence electrons. The first kappa shape index (κ1) is 23.7. The molecule has 0 fully saturated rings. The number of benzene rings is 2. The van der Waals surface area contributed by atoms with Crippen molar-refractivity contribution in [2.45, 2.75) is 38.0 Å². The molecule has 0 aliphatic carbocycles. The predicted molar refractivity (Wildman–Crippen MR) is 132 cm³/mol. The largest absolute Gasteiger partial charge is 0.223 e. The maximum absolute atomic E-state index is 13.4. The van der Waals surface area contributed by atoms with Gasteiger partial charge in [0.15, 0.2) is 29.5 Å². The third kappa shape index (κ3) is 3.62. The predicted octanol–water partition coefficient (Wildman–Crippen LogP) is 4.00. The van der Waals surface area contributed by atoms with E-state index in [0.29, 0.717) is 33.4 Å². The SMILES string of the molecule is C=C1c2cc3cc(c2)C(=C)S(=O)(=O)Cc2c(C)c(c(C)c(c2C)CS(=O)(=O)C3=C)CS1(=O)=O. The van der Waals surface area contributed by atoms with Crippen LogP contribution in [0.5, 0.6) is 0 Å². The van der Waals surface area contributed by atoms with Gasteiger partial charge in [-0.1, -0.05) is 19.7 Å². The Bertz CT molecular complexity index is 1410. The highest BCUT2D eigenvalue weighted by molar-refractivity contribution is 8.00. The van der Waals surface area contributed by atoms with Crippen LogP contribution < -0.4 is 0 Å². The van der Waals surface area contributed by atoms with Crippen molar-refractivity contribution in [3.63, 3.8) is 0 Å². The van der Waals surface area contributed by atoms with E-state index in [1.54, 1.807) is 20.8 Å². The fourth-order valence-electron chi connectivity index (χ4n) is 4.52. The molecule has 0 saturated heterocycles. The van der Waals surface area contributed by atoms with Gasteiger partial charge in [0, 0.05) is 0 Å². The van der Waals surface area contributed by atoms with Gasteiger partial charge in [0.2, 0.25) is 0 Å². The molecule has 3 heterocycles. The summed E-state index contributed by atoms with van der Waals surface area (Å²) in [5, 5.41) is 0. The van der Waals surface area contributed by atoms with Crippen molar-refractivity contribution in [2.75, 3.05) is 0 Å². The van der Waals surface area contributed by atoms with Gasteiger partial charge in [0.25, 0.3) is 0 Å². The van der Waals surface area contributed by atoms with Crippen LogP contribution in [-0.2, 0) is 46.8 Å². The highest BCUT2D eigenvalue weighted by atomic mass is 32.2. The maximum atomic E-state index is 13.4. The highest BCUT2D eigenvalue weighted by Gasteiger charge is 2.33. The smallest absolute Gasteiger partial charge is 0.182 e. The van der Waals surface area contributed by atoms with Gasteiger partial charge < -0.3 is 0 Å². The molecule has 3 aliphatic heterocycles. The Kier molecular flexibility index (Phi) is 5.20. The van der Waals surface area contributed by atoms with Crippen molar-refractivity contribution < 1.29 is 25.3 Å². The second kappa shape index (κ2) is 7.25. The van der Waals surface area contributed by atoms with E-state index in [9.17, 15) is 25.3 Å². The van der Waals surface area contributed by atoms with Gasteiger partial charge in [-0.15, -0.1) is 0 Å². The molecule has 0 atom stereocenters. The first-order chi connectivity index (χ1) is 15.1. The minimum atomic E-state index is -3.90. The summed E-state index contributed by atoms with van der Waals surface area (Å²) in [6, 6.07) is 4.13. The number of hydrogen-bond donors (Lipinski definition) is 0. The Morgan fingerprint density at radius 2 is 0.727 bits per heavy atom. The molecular weight excluding hydrogens is 480 g/mol. The lowest BCUT2D eigenvalue weighted by molar-refractivity contribution is 0.604. The van der Waals surface area contributed by atoms with Gasteiger partial charge in [0.05, 0.1) is 32.0 Å². The van der Waals surface area contributed by atoms with Crippen LogP contribution in [0.1, 0.15) is 50.1 Å². The van der Waals surface area contributed by atoms with Gasteiger partial charge in [-0.05, 0) is 89.0 Å². The molecule has 0 aromatic heterocycles. The van der Waals surface area contributed by atoms with Crippen LogP contribution in [-0.4, -0.2) is 25.3 Å². The Balaban J connectivity index is 2.31. The fourth-order valence-corrected chi connectivity index (χ4v) is 8.91. The minimum absolute atomic E-state index is 0.110. The van der Waals surface area contributed by atoms with E-state index in [1.807, 2.05) is 0 Å². The summed E-state index contributed by atoms with van der Waals surface area (Å²) in [5.74, 6) is -1.23. The molecule has 6 nitrogen and oxygen atoms in total. The Morgan fingerprint density at radius 1 is 0.515 bits per heavy atom. The van der Waals surface area contributed by atoms with Gasteiger partial charge in [0.1, 0.15) is 0 Å². The lowest BCUT2D eigenvalue weighted by Crippen LogP contribution is -2.19. The Morgan fingerprint density at radius 3 is 0.939 bits per heavy atom. The molecule has 5 rings (SSSR count). The monoisotopic (exact) mass is 504 g/mol. The molecule has 2 aromatic rings. The molecule has 9 heteroatoms. The van der Waals surface area contributed by atoms with Crippen LogP contribution in [0, 0.1) is 20.8 Å². The summed E-state index contributed by atoms with van der Waals surface area (Å²) in [6.45, 7) is 16.4. The summed E-state index contributed by atoms with van der Waals surface area (Å²) < 4.78 is 80.3. The number of sulfone groups is 3. The van der Waals surface area contributed by atoms with E-state index in [-0.39, 0.29) is 31.4 Å². The zero-order chi connectivity index (χ0) is 24.7. The fraction of sp³-hybridized carbons (Fsp3) is 0.250. The highest BCUT2D eigenvalue weighted by Crippen LogP contribution is 2.40. The quantitative estimate of drug-likeness (QED) is 0.537. The van der Waals surface area contributed by atoms with E-state index < -0.39 is 46.8 Å². The molecule has 6 bridgehead atoms. The average molecular weight is 505 g/mol. The Labute approximate surface area is 195 Å². The lowest BCUT2D eigenvalue weighted by Gasteiger charge is -2.25. The van der Waals surface area contributed by atoms with E-state index in [4.69, 9.17) is 0 Å². The standard InChI is InChI=1S/C24H24O6S3/c1-13-22-10-31(25,26)16(4)19-7-20-9-21(8-19)18(6)33(29,30)12-24(14(22)2)15(3)23(13)11-32(27,28)17(20)5/h7-9H,4-6,10-12H2,1-3H3. The molecule has 0 spiro atoms. The topological polar surface area (TPSA) is 102 Å². The number of rotatable bonds is 0. The average Bonchev–Trinajstić information content (AvgIpc) is 2.74. The van der Waals surface area contributed by atoms with Gasteiger partial charge >= 0.3 is 0 Å². The second-order valence-corrected chi connectivity index (χ2v) is 14.7. The molecule has 2 aromatic carbocycles. The molecule has 0 saturated carbocycles. The van der Waals surface area contributed by atoms with Crippen LogP contribution in [0.3, 0.4) is 0 Å². The number of hydrogen-bond acceptors (Lipinski definition) is 6. The van der Waals surface area contributed by atoms with E-state index >= 15 is 0 Å². The van der Waals surface area contributed by atoms with Crippen molar-refractivity contribution in [1.82, 2.24) is 0 Å².